The van der Waals surface area contributed by atoms with Gasteiger partial charge in [0.15, 0.2) is 0 Å². The number of aromatic nitrogens is 1. The highest BCUT2D eigenvalue weighted by atomic mass is 16.5. The molecular formula is C21H27N3O5. The van der Waals surface area contributed by atoms with E-state index in [1.165, 1.54) is 5.56 Å². The highest BCUT2D eigenvalue weighted by molar-refractivity contribution is 5.89. The third kappa shape index (κ3) is 10.5. The summed E-state index contributed by atoms with van der Waals surface area (Å²) >= 11 is 0. The molecule has 29 heavy (non-hydrogen) atoms. The zero-order valence-electron chi connectivity index (χ0n) is 16.9. The number of hydrogen-bond donors (Lipinski definition) is 2. The van der Waals surface area contributed by atoms with E-state index in [-0.39, 0.29) is 0 Å². The van der Waals surface area contributed by atoms with Crippen LogP contribution in [0.15, 0.2) is 60.8 Å². The molecule has 2 aromatic rings. The molecule has 0 aliphatic heterocycles. The topological polar surface area (TPSA) is 103 Å². The van der Waals surface area contributed by atoms with Gasteiger partial charge in [0, 0.05) is 38.0 Å². The van der Waals surface area contributed by atoms with E-state index in [9.17, 15) is 9.59 Å². The van der Waals surface area contributed by atoms with Gasteiger partial charge in [0.05, 0.1) is 7.11 Å². The molecule has 0 radical (unpaired) electrons. The lowest BCUT2D eigenvalue weighted by atomic mass is 10.2. The number of ether oxygens (including phenoxy) is 1. The molecule has 1 heterocycles. The lowest BCUT2D eigenvalue weighted by Crippen LogP contribution is -2.31. The summed E-state index contributed by atoms with van der Waals surface area (Å²) < 4.78 is 5.21. The Bertz CT molecular complexity index is 761. The average Bonchev–Trinajstić information content (AvgIpc) is 2.71. The summed E-state index contributed by atoms with van der Waals surface area (Å²) in [6.45, 7) is 2.78. The van der Waals surface area contributed by atoms with Gasteiger partial charge in [-0.05, 0) is 43.9 Å². The predicted molar refractivity (Wildman–Crippen MR) is 111 cm³/mol. The lowest BCUT2D eigenvalue weighted by Gasteiger charge is -2.25. The van der Waals surface area contributed by atoms with Gasteiger partial charge >= 0.3 is 11.9 Å². The fraction of sp³-hybridized carbons (Fsp3) is 0.286. The van der Waals surface area contributed by atoms with E-state index in [1.807, 2.05) is 30.5 Å². The van der Waals surface area contributed by atoms with Crippen molar-refractivity contribution in [1.29, 1.82) is 0 Å². The number of benzene rings is 1. The van der Waals surface area contributed by atoms with Gasteiger partial charge < -0.3 is 24.7 Å². The van der Waals surface area contributed by atoms with Gasteiger partial charge in [0.25, 0.3) is 0 Å². The molecule has 0 aliphatic rings. The number of anilines is 1. The molecule has 2 rings (SSSR count). The van der Waals surface area contributed by atoms with Crippen molar-refractivity contribution in [1.82, 2.24) is 9.88 Å². The van der Waals surface area contributed by atoms with Crippen molar-refractivity contribution in [2.24, 2.45) is 0 Å². The Morgan fingerprint density at radius 1 is 1.00 bits per heavy atom. The number of hydrogen-bond acceptors (Lipinski definition) is 6. The summed E-state index contributed by atoms with van der Waals surface area (Å²) in [7, 11) is 5.86. The molecule has 0 aliphatic carbocycles. The molecule has 0 bridgehead atoms. The van der Waals surface area contributed by atoms with Crippen LogP contribution in [0.4, 0.5) is 5.82 Å². The number of carboxylic acids is 2. The van der Waals surface area contributed by atoms with E-state index >= 15 is 0 Å². The number of carboxylic acid groups (broad SMARTS) is 2. The summed E-state index contributed by atoms with van der Waals surface area (Å²) in [5.74, 6) is -0.619. The summed E-state index contributed by atoms with van der Waals surface area (Å²) in [5.41, 5.74) is 1.25. The van der Waals surface area contributed by atoms with Crippen LogP contribution in [0.5, 0.6) is 5.75 Å². The van der Waals surface area contributed by atoms with Crippen molar-refractivity contribution in [3.8, 4) is 5.75 Å². The predicted octanol–water partition coefficient (Wildman–Crippen LogP) is 2.37. The summed E-state index contributed by atoms with van der Waals surface area (Å²) in [6.07, 6.45) is 2.96. The van der Waals surface area contributed by atoms with Gasteiger partial charge in [-0.2, -0.15) is 0 Å². The molecule has 0 atom stereocenters. The maximum atomic E-state index is 9.55. The standard InChI is InChI=1S/C17H23N3O.C4H4O4/c1-19(2)12-13-20(17-6-4-5-11-18-17)14-15-7-9-16(21-3)10-8-15;5-3(6)1-2-4(7)8/h4-11H,12-14H2,1-3H3;1-2H,(H,5,6)(H,7,8)/b;2-1+. The van der Waals surface area contributed by atoms with Crippen molar-refractivity contribution in [2.45, 2.75) is 6.54 Å². The van der Waals surface area contributed by atoms with Gasteiger partial charge in [-0.1, -0.05) is 18.2 Å². The van der Waals surface area contributed by atoms with Crippen LogP contribution < -0.4 is 9.64 Å². The number of methoxy groups -OCH3 is 1. The Hall–Kier alpha value is -3.39. The van der Waals surface area contributed by atoms with Gasteiger partial charge in [-0.25, -0.2) is 14.6 Å². The Labute approximate surface area is 170 Å². The van der Waals surface area contributed by atoms with Crippen molar-refractivity contribution in [3.05, 3.63) is 66.4 Å². The summed E-state index contributed by atoms with van der Waals surface area (Å²) in [4.78, 5) is 28.1. The second-order valence-corrected chi connectivity index (χ2v) is 6.27. The zero-order valence-corrected chi connectivity index (χ0v) is 16.9. The molecule has 0 unspecified atom stereocenters. The molecule has 8 heteroatoms. The summed E-state index contributed by atoms with van der Waals surface area (Å²) in [5, 5.41) is 15.6. The molecule has 0 saturated carbocycles. The van der Waals surface area contributed by atoms with Crippen molar-refractivity contribution < 1.29 is 24.5 Å². The molecule has 1 aromatic carbocycles. The number of carbonyl (C=O) groups is 2. The molecule has 156 valence electrons. The molecule has 0 fully saturated rings. The monoisotopic (exact) mass is 401 g/mol. The molecule has 0 spiro atoms. The zero-order chi connectivity index (χ0) is 21.6. The van der Waals surface area contributed by atoms with E-state index in [2.05, 4.69) is 47.1 Å². The Balaban J connectivity index is 0.000000447. The smallest absolute Gasteiger partial charge is 0.328 e. The minimum absolute atomic E-state index is 0.558. The van der Waals surface area contributed by atoms with Gasteiger partial charge in [0.2, 0.25) is 0 Å². The quantitative estimate of drug-likeness (QED) is 0.618. The van der Waals surface area contributed by atoms with Crippen molar-refractivity contribution >= 4 is 17.8 Å². The Kier molecular flexibility index (Phi) is 10.5. The maximum absolute atomic E-state index is 9.55. The second-order valence-electron chi connectivity index (χ2n) is 6.27. The molecule has 8 nitrogen and oxygen atoms in total. The largest absolute Gasteiger partial charge is 0.497 e. The van der Waals surface area contributed by atoms with E-state index in [0.29, 0.717) is 12.2 Å². The number of likely N-dealkylation sites (N-methyl/N-ethyl adjacent to an activating group) is 1. The third-order valence-corrected chi connectivity index (χ3v) is 3.69. The van der Waals surface area contributed by atoms with E-state index in [1.54, 1.807) is 7.11 Å². The number of aliphatic carboxylic acids is 2. The van der Waals surface area contributed by atoms with Crippen LogP contribution >= 0.6 is 0 Å². The van der Waals surface area contributed by atoms with Crippen molar-refractivity contribution in [2.75, 3.05) is 39.2 Å². The average molecular weight is 401 g/mol. The molecule has 1 aromatic heterocycles. The van der Waals surface area contributed by atoms with Gasteiger partial charge in [0.1, 0.15) is 11.6 Å². The lowest BCUT2D eigenvalue weighted by molar-refractivity contribution is -0.134. The van der Waals surface area contributed by atoms with Crippen LogP contribution in [0.25, 0.3) is 0 Å². The van der Waals surface area contributed by atoms with E-state index in [4.69, 9.17) is 14.9 Å². The van der Waals surface area contributed by atoms with Gasteiger partial charge in [-0.15, -0.1) is 0 Å². The number of rotatable bonds is 9. The van der Waals surface area contributed by atoms with Crippen LogP contribution in [-0.2, 0) is 16.1 Å². The van der Waals surface area contributed by atoms with Gasteiger partial charge in [-0.3, -0.25) is 0 Å². The minimum atomic E-state index is -1.26. The first-order valence-corrected chi connectivity index (χ1v) is 8.89. The van der Waals surface area contributed by atoms with Crippen LogP contribution in [0.2, 0.25) is 0 Å². The fourth-order valence-electron chi connectivity index (χ4n) is 2.23. The Morgan fingerprint density at radius 3 is 2.07 bits per heavy atom. The van der Waals surface area contributed by atoms with E-state index in [0.717, 1.165) is 31.2 Å². The van der Waals surface area contributed by atoms with Crippen LogP contribution in [0.1, 0.15) is 5.56 Å². The van der Waals surface area contributed by atoms with Crippen LogP contribution in [0.3, 0.4) is 0 Å². The number of nitrogens with zero attached hydrogens (tertiary/aromatic N) is 3. The van der Waals surface area contributed by atoms with E-state index < -0.39 is 11.9 Å². The summed E-state index contributed by atoms with van der Waals surface area (Å²) in [6, 6.07) is 14.2. The molecule has 0 amide bonds. The molecular weight excluding hydrogens is 374 g/mol. The third-order valence-electron chi connectivity index (χ3n) is 3.69. The highest BCUT2D eigenvalue weighted by Crippen LogP contribution is 2.16. The number of pyridine rings is 1. The normalized spacial score (nSPS) is 10.3. The highest BCUT2D eigenvalue weighted by Gasteiger charge is 2.09. The SMILES string of the molecule is COc1ccc(CN(CCN(C)C)c2ccccn2)cc1.O=C(O)/C=C/C(=O)O. The fourth-order valence-corrected chi connectivity index (χ4v) is 2.23. The second kappa shape index (κ2) is 12.9. The first-order chi connectivity index (χ1) is 13.8. The first-order valence-electron chi connectivity index (χ1n) is 8.89. The van der Waals surface area contributed by atoms with Crippen LogP contribution in [0, 0.1) is 0 Å². The maximum Gasteiger partial charge on any atom is 0.328 e. The van der Waals surface area contributed by atoms with Crippen molar-refractivity contribution in [3.63, 3.8) is 0 Å². The first kappa shape index (κ1) is 23.6. The Morgan fingerprint density at radius 2 is 1.62 bits per heavy atom. The molecule has 0 saturated heterocycles. The molecule has 2 N–H and O–H groups in total. The van der Waals surface area contributed by atoms with Crippen LogP contribution in [-0.4, -0.2) is 66.3 Å². The minimum Gasteiger partial charge on any atom is -0.497 e.